The summed E-state index contributed by atoms with van der Waals surface area (Å²) in [6, 6.07) is 4.71. The lowest BCUT2D eigenvalue weighted by Crippen LogP contribution is -2.13. The highest BCUT2D eigenvalue weighted by molar-refractivity contribution is 7.98. The fraction of sp³-hybridized carbons (Fsp3) is 0.375. The quantitative estimate of drug-likeness (QED) is 0.384. The fourth-order valence-electron chi connectivity index (χ4n) is 1.97. The third-order valence-corrected chi connectivity index (χ3v) is 5.57. The SMILES string of the molecule is C=CC(C)SNCc1nnc(SCc2c(F)cccc2Cl)n1CC. The van der Waals surface area contributed by atoms with Crippen LogP contribution in [0.15, 0.2) is 36.0 Å². The molecular formula is C16H20ClFN4S2. The highest BCUT2D eigenvalue weighted by Gasteiger charge is 2.14. The summed E-state index contributed by atoms with van der Waals surface area (Å²) < 4.78 is 19.1. The van der Waals surface area contributed by atoms with Crippen molar-refractivity contribution < 1.29 is 4.39 Å². The molecule has 0 spiro atoms. The molecule has 0 bridgehead atoms. The summed E-state index contributed by atoms with van der Waals surface area (Å²) in [5.74, 6) is 0.969. The molecule has 0 saturated carbocycles. The number of nitrogens with one attached hydrogen (secondary N) is 1. The largest absolute Gasteiger partial charge is 0.305 e. The highest BCUT2D eigenvalue weighted by atomic mass is 35.5. The fourth-order valence-corrected chi connectivity index (χ4v) is 3.90. The maximum atomic E-state index is 13.9. The second kappa shape index (κ2) is 9.46. The molecule has 4 nitrogen and oxygen atoms in total. The van der Waals surface area contributed by atoms with Gasteiger partial charge >= 0.3 is 0 Å². The molecule has 0 amide bonds. The number of halogens is 2. The Labute approximate surface area is 155 Å². The van der Waals surface area contributed by atoms with E-state index >= 15 is 0 Å². The van der Waals surface area contributed by atoms with E-state index in [0.717, 1.165) is 17.5 Å². The van der Waals surface area contributed by atoms with Gasteiger partial charge in [0.1, 0.15) is 11.6 Å². The van der Waals surface area contributed by atoms with E-state index in [-0.39, 0.29) is 5.82 Å². The molecule has 0 saturated heterocycles. The summed E-state index contributed by atoms with van der Waals surface area (Å²) in [5, 5.41) is 9.96. The molecule has 1 atom stereocenters. The monoisotopic (exact) mass is 386 g/mol. The second-order valence-corrected chi connectivity index (χ2v) is 7.63. The third kappa shape index (κ3) is 4.99. The van der Waals surface area contributed by atoms with Gasteiger partial charge in [-0.25, -0.2) is 4.39 Å². The molecule has 0 radical (unpaired) electrons. The summed E-state index contributed by atoms with van der Waals surface area (Å²) in [4.78, 5) is 0. The van der Waals surface area contributed by atoms with E-state index in [1.165, 1.54) is 17.8 Å². The molecule has 1 aromatic heterocycles. The lowest BCUT2D eigenvalue weighted by Gasteiger charge is -2.10. The summed E-state index contributed by atoms with van der Waals surface area (Å²) >= 11 is 9.09. The Morgan fingerprint density at radius 3 is 2.92 bits per heavy atom. The van der Waals surface area contributed by atoms with Crippen LogP contribution in [0.1, 0.15) is 25.2 Å². The number of hydrogen-bond donors (Lipinski definition) is 1. The average molecular weight is 387 g/mol. The molecule has 0 aliphatic heterocycles. The van der Waals surface area contributed by atoms with E-state index in [4.69, 9.17) is 11.6 Å². The summed E-state index contributed by atoms with van der Waals surface area (Å²) in [7, 11) is 0. The number of nitrogens with zero attached hydrogens (tertiary/aromatic N) is 3. The molecule has 1 unspecified atom stereocenters. The van der Waals surface area contributed by atoms with Crippen LogP contribution in [0.2, 0.25) is 5.02 Å². The maximum Gasteiger partial charge on any atom is 0.191 e. The van der Waals surface area contributed by atoms with Crippen LogP contribution in [0, 0.1) is 5.82 Å². The van der Waals surface area contributed by atoms with Gasteiger partial charge in [-0.15, -0.1) is 16.8 Å². The molecule has 0 fully saturated rings. The molecule has 1 N–H and O–H groups in total. The van der Waals surface area contributed by atoms with Gasteiger partial charge in [0.2, 0.25) is 0 Å². The minimum Gasteiger partial charge on any atom is -0.305 e. The molecule has 24 heavy (non-hydrogen) atoms. The minimum absolute atomic E-state index is 0.297. The Bertz CT molecular complexity index is 672. The van der Waals surface area contributed by atoms with Gasteiger partial charge in [0, 0.05) is 28.1 Å². The lowest BCUT2D eigenvalue weighted by atomic mass is 10.2. The van der Waals surface area contributed by atoms with Crippen molar-refractivity contribution in [2.75, 3.05) is 0 Å². The van der Waals surface area contributed by atoms with E-state index < -0.39 is 0 Å². The topological polar surface area (TPSA) is 42.7 Å². The molecule has 8 heteroatoms. The Hall–Kier alpha value is -1.02. The van der Waals surface area contributed by atoms with Crippen molar-refractivity contribution in [2.24, 2.45) is 0 Å². The Morgan fingerprint density at radius 1 is 1.46 bits per heavy atom. The van der Waals surface area contributed by atoms with Crippen LogP contribution in [0.5, 0.6) is 0 Å². The van der Waals surface area contributed by atoms with E-state index in [1.54, 1.807) is 24.1 Å². The van der Waals surface area contributed by atoms with Crippen LogP contribution in [-0.4, -0.2) is 20.0 Å². The van der Waals surface area contributed by atoms with Crippen LogP contribution in [0.4, 0.5) is 4.39 Å². The lowest BCUT2D eigenvalue weighted by molar-refractivity contribution is 0.616. The van der Waals surface area contributed by atoms with Crippen molar-refractivity contribution in [1.29, 1.82) is 0 Å². The normalized spacial score (nSPS) is 12.3. The number of thioether (sulfide) groups is 1. The minimum atomic E-state index is -0.297. The standard InChI is InChI=1S/C16H20ClFN4S2/c1-4-11(3)24-19-9-15-20-21-16(22(15)5-2)23-10-12-13(17)7-6-8-14(12)18/h4,6-8,11,19H,1,5,9-10H2,2-3H3. The first-order chi connectivity index (χ1) is 11.6. The molecule has 0 aliphatic carbocycles. The molecule has 2 aromatic rings. The second-order valence-electron chi connectivity index (χ2n) is 5.01. The Balaban J connectivity index is 2.02. The predicted octanol–water partition coefficient (Wildman–Crippen LogP) is 4.70. The molecular weight excluding hydrogens is 367 g/mol. The van der Waals surface area contributed by atoms with Gasteiger partial charge in [-0.05, 0) is 26.0 Å². The van der Waals surface area contributed by atoms with Gasteiger partial charge in [0.25, 0.3) is 0 Å². The van der Waals surface area contributed by atoms with Gasteiger partial charge in [-0.2, -0.15) is 0 Å². The van der Waals surface area contributed by atoms with Gasteiger partial charge in [-0.3, -0.25) is 4.72 Å². The van der Waals surface area contributed by atoms with Crippen molar-refractivity contribution >= 4 is 35.3 Å². The van der Waals surface area contributed by atoms with E-state index in [9.17, 15) is 4.39 Å². The molecule has 0 aliphatic rings. The van der Waals surface area contributed by atoms with Crippen LogP contribution in [0.3, 0.4) is 0 Å². The highest BCUT2D eigenvalue weighted by Crippen LogP contribution is 2.28. The molecule has 2 rings (SSSR count). The van der Waals surface area contributed by atoms with Gasteiger partial charge in [0.15, 0.2) is 5.16 Å². The van der Waals surface area contributed by atoms with Crippen molar-refractivity contribution in [3.05, 3.63) is 53.1 Å². The molecule has 1 heterocycles. The van der Waals surface area contributed by atoms with Gasteiger partial charge in [-0.1, -0.05) is 47.5 Å². The Kier molecular flexibility index (Phi) is 7.61. The van der Waals surface area contributed by atoms with Gasteiger partial charge in [0.05, 0.1) is 6.54 Å². The first kappa shape index (κ1) is 19.3. The van der Waals surface area contributed by atoms with Crippen molar-refractivity contribution in [2.45, 2.75) is 43.1 Å². The van der Waals surface area contributed by atoms with Crippen molar-refractivity contribution in [3.63, 3.8) is 0 Å². The number of aromatic nitrogens is 3. The predicted molar refractivity (Wildman–Crippen MR) is 101 cm³/mol. The zero-order valence-corrected chi connectivity index (χ0v) is 16.0. The zero-order valence-electron chi connectivity index (χ0n) is 13.6. The van der Waals surface area contributed by atoms with E-state index in [2.05, 4.69) is 28.4 Å². The first-order valence-corrected chi connectivity index (χ1v) is 9.80. The van der Waals surface area contributed by atoms with Gasteiger partial charge < -0.3 is 4.57 Å². The summed E-state index contributed by atoms with van der Waals surface area (Å²) in [6.45, 7) is 9.20. The Morgan fingerprint density at radius 2 is 2.25 bits per heavy atom. The molecule has 130 valence electrons. The van der Waals surface area contributed by atoms with Crippen LogP contribution >= 0.6 is 35.3 Å². The number of benzene rings is 1. The zero-order chi connectivity index (χ0) is 17.5. The maximum absolute atomic E-state index is 13.9. The van der Waals surface area contributed by atoms with Crippen molar-refractivity contribution in [1.82, 2.24) is 19.5 Å². The smallest absolute Gasteiger partial charge is 0.191 e. The first-order valence-electron chi connectivity index (χ1n) is 7.55. The third-order valence-electron chi connectivity index (χ3n) is 3.35. The average Bonchev–Trinajstić information content (AvgIpc) is 2.96. The molecule has 1 aromatic carbocycles. The van der Waals surface area contributed by atoms with Crippen LogP contribution < -0.4 is 4.72 Å². The van der Waals surface area contributed by atoms with E-state index in [0.29, 0.717) is 28.1 Å². The number of rotatable bonds is 9. The van der Waals surface area contributed by atoms with Crippen LogP contribution in [0.25, 0.3) is 0 Å². The van der Waals surface area contributed by atoms with E-state index in [1.807, 2.05) is 17.6 Å². The summed E-state index contributed by atoms with van der Waals surface area (Å²) in [6.07, 6.45) is 1.88. The van der Waals surface area contributed by atoms with Crippen molar-refractivity contribution in [3.8, 4) is 0 Å². The number of hydrogen-bond acceptors (Lipinski definition) is 5. The van der Waals surface area contributed by atoms with Crippen LogP contribution in [-0.2, 0) is 18.8 Å². The summed E-state index contributed by atoms with van der Waals surface area (Å²) in [5.41, 5.74) is 0.491.